The largest absolute Gasteiger partial charge is 0.493 e. The molecule has 7 nitrogen and oxygen atoms in total. The molecule has 0 unspecified atom stereocenters. The van der Waals surface area contributed by atoms with Gasteiger partial charge in [-0.2, -0.15) is 0 Å². The Morgan fingerprint density at radius 3 is 2.24 bits per heavy atom. The van der Waals surface area contributed by atoms with E-state index in [1.807, 2.05) is 0 Å². The average Bonchev–Trinajstić information content (AvgIpc) is 2.62. The lowest BCUT2D eigenvalue weighted by Crippen LogP contribution is -2.34. The Morgan fingerprint density at radius 1 is 1.12 bits per heavy atom. The van der Waals surface area contributed by atoms with E-state index in [1.54, 1.807) is 18.3 Å². The van der Waals surface area contributed by atoms with Crippen molar-refractivity contribution in [1.29, 1.82) is 0 Å². The highest BCUT2D eigenvalue weighted by atomic mass is 79.9. The van der Waals surface area contributed by atoms with E-state index < -0.39 is 5.91 Å². The third-order valence-corrected chi connectivity index (χ3v) is 3.80. The molecule has 0 atom stereocenters. The predicted molar refractivity (Wildman–Crippen MR) is 102 cm³/mol. The summed E-state index contributed by atoms with van der Waals surface area (Å²) in [7, 11) is 4.44. The molecule has 132 valence electrons. The first-order valence-corrected chi connectivity index (χ1v) is 8.22. The number of hydrogen-bond donors (Lipinski definition) is 2. The van der Waals surface area contributed by atoms with Crippen LogP contribution in [0.2, 0.25) is 0 Å². The minimum absolute atomic E-state index is 0.119. The number of halogens is 1. The highest BCUT2D eigenvalue weighted by Gasteiger charge is 2.17. The minimum Gasteiger partial charge on any atom is -0.493 e. The van der Waals surface area contributed by atoms with Gasteiger partial charge in [-0.3, -0.25) is 10.1 Å². The number of nitrogens with zero attached hydrogens (tertiary/aromatic N) is 1. The lowest BCUT2D eigenvalue weighted by atomic mass is 10.1. The number of carbonyl (C=O) groups is 1. The number of anilines is 1. The van der Waals surface area contributed by atoms with Gasteiger partial charge in [-0.25, -0.2) is 4.98 Å². The average molecular weight is 426 g/mol. The number of benzene rings is 1. The maximum absolute atomic E-state index is 12.4. The summed E-state index contributed by atoms with van der Waals surface area (Å²) in [5, 5.41) is 5.53. The first kappa shape index (κ1) is 18.9. The van der Waals surface area contributed by atoms with Crippen molar-refractivity contribution in [3.05, 3.63) is 40.5 Å². The fourth-order valence-electron chi connectivity index (χ4n) is 1.98. The smallest absolute Gasteiger partial charge is 0.257 e. The summed E-state index contributed by atoms with van der Waals surface area (Å²) in [6.45, 7) is 0. The third-order valence-electron chi connectivity index (χ3n) is 3.12. The molecule has 2 rings (SSSR count). The topological polar surface area (TPSA) is 81.7 Å². The van der Waals surface area contributed by atoms with Crippen LogP contribution in [0.5, 0.6) is 17.2 Å². The summed E-state index contributed by atoms with van der Waals surface area (Å²) in [6, 6.07) is 6.61. The summed E-state index contributed by atoms with van der Waals surface area (Å²) < 4.78 is 16.5. The van der Waals surface area contributed by atoms with Crippen LogP contribution in [-0.2, 0) is 0 Å². The Hall–Kier alpha value is -2.39. The molecule has 2 aromatic rings. The second-order valence-electron chi connectivity index (χ2n) is 4.68. The fourth-order valence-corrected chi connectivity index (χ4v) is 2.42. The van der Waals surface area contributed by atoms with Gasteiger partial charge in [0.1, 0.15) is 5.82 Å². The molecule has 0 aliphatic heterocycles. The van der Waals surface area contributed by atoms with E-state index in [-0.39, 0.29) is 5.11 Å². The highest BCUT2D eigenvalue weighted by Crippen LogP contribution is 2.38. The van der Waals surface area contributed by atoms with Gasteiger partial charge < -0.3 is 19.5 Å². The van der Waals surface area contributed by atoms with E-state index >= 15 is 0 Å². The minimum atomic E-state index is -0.422. The van der Waals surface area contributed by atoms with Crippen molar-refractivity contribution < 1.29 is 19.0 Å². The fraction of sp³-hybridized carbons (Fsp3) is 0.188. The second-order valence-corrected chi connectivity index (χ2v) is 6.01. The van der Waals surface area contributed by atoms with Crippen LogP contribution < -0.4 is 24.8 Å². The number of amides is 1. The molecule has 0 saturated heterocycles. The van der Waals surface area contributed by atoms with Crippen molar-refractivity contribution in [3.8, 4) is 17.2 Å². The molecule has 2 N–H and O–H groups in total. The van der Waals surface area contributed by atoms with Gasteiger partial charge >= 0.3 is 0 Å². The summed E-state index contributed by atoms with van der Waals surface area (Å²) in [5.41, 5.74) is 0.308. The van der Waals surface area contributed by atoms with Crippen LogP contribution in [-0.4, -0.2) is 37.3 Å². The van der Waals surface area contributed by atoms with Gasteiger partial charge in [0, 0.05) is 16.2 Å². The summed E-state index contributed by atoms with van der Waals surface area (Å²) in [5.74, 6) is 1.24. The zero-order chi connectivity index (χ0) is 18.4. The second kappa shape index (κ2) is 8.63. The first-order valence-electron chi connectivity index (χ1n) is 7.02. The molecule has 1 heterocycles. The van der Waals surface area contributed by atoms with Crippen LogP contribution in [0, 0.1) is 0 Å². The van der Waals surface area contributed by atoms with E-state index in [4.69, 9.17) is 26.4 Å². The van der Waals surface area contributed by atoms with Crippen molar-refractivity contribution in [2.45, 2.75) is 0 Å². The van der Waals surface area contributed by atoms with E-state index in [2.05, 4.69) is 31.5 Å². The first-order chi connectivity index (χ1) is 12.0. The van der Waals surface area contributed by atoms with Gasteiger partial charge in [0.25, 0.3) is 5.91 Å². The van der Waals surface area contributed by atoms with Gasteiger partial charge in [0.05, 0.1) is 21.3 Å². The number of ether oxygens (including phenoxy) is 3. The van der Waals surface area contributed by atoms with Crippen molar-refractivity contribution in [2.24, 2.45) is 0 Å². The summed E-state index contributed by atoms with van der Waals surface area (Å²) in [6.07, 6.45) is 1.62. The van der Waals surface area contributed by atoms with Crippen LogP contribution in [0.25, 0.3) is 0 Å². The lowest BCUT2D eigenvalue weighted by molar-refractivity contribution is 0.0977. The van der Waals surface area contributed by atoms with Crippen LogP contribution >= 0.6 is 28.1 Å². The number of nitrogens with one attached hydrogen (secondary N) is 2. The summed E-state index contributed by atoms with van der Waals surface area (Å²) in [4.78, 5) is 16.5. The van der Waals surface area contributed by atoms with Crippen molar-refractivity contribution in [2.75, 3.05) is 26.6 Å². The van der Waals surface area contributed by atoms with Crippen LogP contribution in [0.3, 0.4) is 0 Å². The molecular formula is C16H16BrN3O4S. The maximum atomic E-state index is 12.4. The third kappa shape index (κ3) is 4.80. The number of rotatable bonds is 5. The van der Waals surface area contributed by atoms with E-state index in [1.165, 1.54) is 33.5 Å². The van der Waals surface area contributed by atoms with E-state index in [0.717, 1.165) is 4.47 Å². The van der Waals surface area contributed by atoms with Gasteiger partial charge in [-0.1, -0.05) is 0 Å². The van der Waals surface area contributed by atoms with Crippen molar-refractivity contribution >= 4 is 45.0 Å². The Balaban J connectivity index is 2.14. The molecule has 1 aromatic carbocycles. The van der Waals surface area contributed by atoms with Crippen LogP contribution in [0.1, 0.15) is 10.4 Å². The molecule has 1 amide bonds. The highest BCUT2D eigenvalue weighted by molar-refractivity contribution is 9.10. The molecule has 0 saturated carbocycles. The molecule has 0 fully saturated rings. The zero-order valence-corrected chi connectivity index (χ0v) is 16.2. The molecule has 0 bridgehead atoms. The normalized spacial score (nSPS) is 9.92. The molecule has 0 spiro atoms. The number of pyridine rings is 1. The standard InChI is InChI=1S/C16H16BrN3O4S/c1-22-11-6-9(7-12(23-2)14(11)24-3)15(21)20-16(25)19-13-5-4-10(17)8-18-13/h4-8H,1-3H3,(H2,18,19,20,21,25). The molecule has 1 aromatic heterocycles. The maximum Gasteiger partial charge on any atom is 0.257 e. The predicted octanol–water partition coefficient (Wildman–Crippen LogP) is 3.00. The number of thiocarbonyl (C=S) groups is 1. The molecule has 0 radical (unpaired) electrons. The molecule has 25 heavy (non-hydrogen) atoms. The number of methoxy groups -OCH3 is 3. The lowest BCUT2D eigenvalue weighted by Gasteiger charge is -2.14. The Labute approximate surface area is 158 Å². The molecule has 9 heteroatoms. The van der Waals surface area contributed by atoms with Gasteiger partial charge in [-0.05, 0) is 52.4 Å². The Morgan fingerprint density at radius 2 is 1.76 bits per heavy atom. The summed E-state index contributed by atoms with van der Waals surface area (Å²) >= 11 is 8.43. The monoisotopic (exact) mass is 425 g/mol. The molecule has 0 aliphatic carbocycles. The number of aromatic nitrogens is 1. The van der Waals surface area contributed by atoms with Gasteiger partial charge in [-0.15, -0.1) is 0 Å². The van der Waals surface area contributed by atoms with E-state index in [9.17, 15) is 4.79 Å². The SMILES string of the molecule is COc1cc(C(=O)NC(=S)Nc2ccc(Br)cn2)cc(OC)c1OC. The van der Waals surface area contributed by atoms with Crippen molar-refractivity contribution in [1.82, 2.24) is 10.3 Å². The number of carbonyl (C=O) groups excluding carboxylic acids is 1. The molecular weight excluding hydrogens is 410 g/mol. The zero-order valence-electron chi connectivity index (χ0n) is 13.8. The number of hydrogen-bond acceptors (Lipinski definition) is 6. The van der Waals surface area contributed by atoms with Crippen LogP contribution in [0.15, 0.2) is 34.9 Å². The van der Waals surface area contributed by atoms with Crippen molar-refractivity contribution in [3.63, 3.8) is 0 Å². The Bertz CT molecular complexity index is 758. The molecule has 0 aliphatic rings. The van der Waals surface area contributed by atoms with E-state index in [0.29, 0.717) is 28.6 Å². The van der Waals surface area contributed by atoms with Crippen LogP contribution in [0.4, 0.5) is 5.82 Å². The van der Waals surface area contributed by atoms with Gasteiger partial charge in [0.2, 0.25) is 5.75 Å². The quantitative estimate of drug-likeness (QED) is 0.712. The van der Waals surface area contributed by atoms with Gasteiger partial charge in [0.15, 0.2) is 16.6 Å². The Kier molecular flexibility index (Phi) is 6.54.